The van der Waals surface area contributed by atoms with Crippen LogP contribution in [0.2, 0.25) is 0 Å². The summed E-state index contributed by atoms with van der Waals surface area (Å²) in [5, 5.41) is 0. The fourth-order valence-corrected chi connectivity index (χ4v) is 2.15. The molecule has 1 saturated carbocycles. The van der Waals surface area contributed by atoms with Crippen molar-refractivity contribution in [1.29, 1.82) is 0 Å². The van der Waals surface area contributed by atoms with Gasteiger partial charge >= 0.3 is 7.12 Å². The maximum absolute atomic E-state index is 6.03. The molecule has 1 aromatic rings. The predicted octanol–water partition coefficient (Wildman–Crippen LogP) is 1.59. The summed E-state index contributed by atoms with van der Waals surface area (Å²) in [5.41, 5.74) is 1.56. The van der Waals surface area contributed by atoms with Crippen LogP contribution in [0.4, 0.5) is 0 Å². The molecule has 2 aliphatic rings. The smallest absolute Gasteiger partial charge is 0.398 e. The molecule has 3 rings (SSSR count). The molecular formula is C12H19BN2O2. The van der Waals surface area contributed by atoms with E-state index in [1.165, 1.54) is 12.8 Å². The van der Waals surface area contributed by atoms with Crippen LogP contribution in [0, 0.1) is 0 Å². The number of hydrogen-bond donors (Lipinski definition) is 1. The van der Waals surface area contributed by atoms with E-state index in [9.17, 15) is 0 Å². The zero-order valence-corrected chi connectivity index (χ0v) is 10.9. The van der Waals surface area contributed by atoms with E-state index < -0.39 is 0 Å². The Morgan fingerprint density at radius 2 is 1.82 bits per heavy atom. The van der Waals surface area contributed by atoms with E-state index in [0.29, 0.717) is 5.92 Å². The molecule has 0 atom stereocenters. The van der Waals surface area contributed by atoms with Crippen LogP contribution in [0.5, 0.6) is 0 Å². The van der Waals surface area contributed by atoms with Gasteiger partial charge < -0.3 is 14.3 Å². The van der Waals surface area contributed by atoms with Crippen molar-refractivity contribution in [1.82, 2.24) is 9.97 Å². The highest BCUT2D eigenvalue weighted by Crippen LogP contribution is 2.40. The molecule has 0 bridgehead atoms. The third-order valence-corrected chi connectivity index (χ3v) is 4.15. The lowest BCUT2D eigenvalue weighted by molar-refractivity contribution is 0.00578. The number of aromatic nitrogens is 2. The number of H-pyrrole nitrogens is 1. The Morgan fingerprint density at radius 3 is 2.35 bits per heavy atom. The van der Waals surface area contributed by atoms with Gasteiger partial charge in [-0.2, -0.15) is 0 Å². The van der Waals surface area contributed by atoms with E-state index in [1.54, 1.807) is 6.33 Å². The fraction of sp³-hybridized carbons (Fsp3) is 0.750. The van der Waals surface area contributed by atoms with Gasteiger partial charge in [-0.25, -0.2) is 4.98 Å². The van der Waals surface area contributed by atoms with Crippen molar-refractivity contribution >= 4 is 12.7 Å². The maximum Gasteiger partial charge on any atom is 0.514 e. The first-order chi connectivity index (χ1) is 7.91. The molecular weight excluding hydrogens is 215 g/mol. The number of hydrogen-bond acceptors (Lipinski definition) is 3. The van der Waals surface area contributed by atoms with Crippen molar-refractivity contribution in [3.8, 4) is 0 Å². The molecule has 0 unspecified atom stereocenters. The molecule has 0 amide bonds. The average molecular weight is 234 g/mol. The topological polar surface area (TPSA) is 47.1 Å². The Bertz CT molecular complexity index is 421. The monoisotopic (exact) mass is 234 g/mol. The molecule has 0 aromatic carbocycles. The number of nitrogens with zero attached hydrogens (tertiary/aromatic N) is 1. The van der Waals surface area contributed by atoms with Gasteiger partial charge in [-0.15, -0.1) is 0 Å². The molecule has 5 heteroatoms. The molecule has 2 heterocycles. The Hall–Kier alpha value is -0.805. The molecule has 2 fully saturated rings. The van der Waals surface area contributed by atoms with E-state index in [1.807, 2.05) is 0 Å². The molecule has 1 aromatic heterocycles. The molecule has 1 saturated heterocycles. The number of aromatic amines is 1. The first kappa shape index (κ1) is 11.3. The number of rotatable bonds is 2. The Balaban J connectivity index is 1.89. The third-order valence-electron chi connectivity index (χ3n) is 4.15. The minimum absolute atomic E-state index is 0.288. The molecule has 1 N–H and O–H groups in total. The van der Waals surface area contributed by atoms with Crippen LogP contribution in [0.1, 0.15) is 52.1 Å². The van der Waals surface area contributed by atoms with Gasteiger partial charge in [-0.1, -0.05) is 0 Å². The van der Waals surface area contributed by atoms with Crippen molar-refractivity contribution in [2.45, 2.75) is 57.7 Å². The number of nitrogens with one attached hydrogen (secondary N) is 1. The van der Waals surface area contributed by atoms with Gasteiger partial charge in [0, 0.05) is 5.92 Å². The summed E-state index contributed by atoms with van der Waals surface area (Å²) in [6.45, 7) is 8.28. The van der Waals surface area contributed by atoms with E-state index >= 15 is 0 Å². The highest BCUT2D eigenvalue weighted by Gasteiger charge is 2.53. The Kier molecular flexibility index (Phi) is 2.23. The largest absolute Gasteiger partial charge is 0.514 e. The summed E-state index contributed by atoms with van der Waals surface area (Å²) in [6.07, 6.45) is 4.21. The normalized spacial score (nSPS) is 26.5. The van der Waals surface area contributed by atoms with Crippen molar-refractivity contribution < 1.29 is 9.31 Å². The lowest BCUT2D eigenvalue weighted by Gasteiger charge is -2.32. The van der Waals surface area contributed by atoms with Gasteiger partial charge in [0.15, 0.2) is 0 Å². The molecule has 0 spiro atoms. The lowest BCUT2D eigenvalue weighted by atomic mass is 9.82. The minimum atomic E-state index is -0.307. The van der Waals surface area contributed by atoms with Gasteiger partial charge in [0.2, 0.25) is 0 Å². The van der Waals surface area contributed by atoms with Gasteiger partial charge in [0.05, 0.1) is 28.8 Å². The van der Waals surface area contributed by atoms with Crippen molar-refractivity contribution in [2.75, 3.05) is 0 Å². The summed E-state index contributed by atoms with van der Waals surface area (Å²) in [4.78, 5) is 7.59. The van der Waals surface area contributed by atoms with Crippen molar-refractivity contribution in [3.63, 3.8) is 0 Å². The second kappa shape index (κ2) is 3.36. The van der Waals surface area contributed by atoms with Gasteiger partial charge in [-0.3, -0.25) is 0 Å². The standard InChI is InChI=1S/C12H19BN2O2/c1-11(2)12(3,4)17-13(16-11)10-9(8-5-6-8)14-7-15-10/h7-8H,5-6H2,1-4H3,(H,14,15). The van der Waals surface area contributed by atoms with Gasteiger partial charge in [0.1, 0.15) is 0 Å². The van der Waals surface area contributed by atoms with Crippen LogP contribution in [-0.2, 0) is 9.31 Å². The number of imidazole rings is 1. The summed E-state index contributed by atoms with van der Waals surface area (Å²) in [6, 6.07) is 0. The van der Waals surface area contributed by atoms with Crippen LogP contribution >= 0.6 is 0 Å². The molecule has 17 heavy (non-hydrogen) atoms. The second-order valence-corrected chi connectivity index (χ2v) is 6.06. The van der Waals surface area contributed by atoms with Crippen molar-refractivity contribution in [3.05, 3.63) is 12.0 Å². The Labute approximate surface area is 102 Å². The summed E-state index contributed by atoms with van der Waals surface area (Å²) >= 11 is 0. The molecule has 92 valence electrons. The van der Waals surface area contributed by atoms with E-state index in [4.69, 9.17) is 9.31 Å². The van der Waals surface area contributed by atoms with E-state index in [2.05, 4.69) is 37.7 Å². The predicted molar refractivity (Wildman–Crippen MR) is 66.3 cm³/mol. The fourth-order valence-electron chi connectivity index (χ4n) is 2.15. The van der Waals surface area contributed by atoms with Crippen LogP contribution in [0.15, 0.2) is 6.33 Å². The summed E-state index contributed by atoms with van der Waals surface area (Å²) < 4.78 is 12.1. The highest BCUT2D eigenvalue weighted by molar-refractivity contribution is 6.61. The SMILES string of the molecule is CC1(C)OB(c2[nH]cnc2C2CC2)OC1(C)C. The lowest BCUT2D eigenvalue weighted by Crippen LogP contribution is -2.41. The second-order valence-electron chi connectivity index (χ2n) is 6.06. The molecule has 0 radical (unpaired) electrons. The summed E-state index contributed by atoms with van der Waals surface area (Å²) in [5.74, 6) is 0.607. The maximum atomic E-state index is 6.03. The van der Waals surface area contributed by atoms with Gasteiger partial charge in [0.25, 0.3) is 0 Å². The Morgan fingerprint density at radius 1 is 1.24 bits per heavy atom. The summed E-state index contributed by atoms with van der Waals surface area (Å²) in [7, 11) is -0.307. The van der Waals surface area contributed by atoms with Crippen LogP contribution in [-0.4, -0.2) is 28.3 Å². The van der Waals surface area contributed by atoms with Crippen LogP contribution < -0.4 is 5.59 Å². The van der Waals surface area contributed by atoms with Crippen molar-refractivity contribution in [2.24, 2.45) is 0 Å². The van der Waals surface area contributed by atoms with Gasteiger partial charge in [-0.05, 0) is 40.5 Å². The first-order valence-electron chi connectivity index (χ1n) is 6.29. The molecule has 1 aliphatic heterocycles. The molecule has 1 aliphatic carbocycles. The highest BCUT2D eigenvalue weighted by atomic mass is 16.7. The zero-order chi connectivity index (χ0) is 12.3. The zero-order valence-electron chi connectivity index (χ0n) is 10.9. The quantitative estimate of drug-likeness (QED) is 0.790. The average Bonchev–Trinajstić information content (AvgIpc) is 2.88. The molecule has 4 nitrogen and oxygen atoms in total. The van der Waals surface area contributed by atoms with Crippen LogP contribution in [0.25, 0.3) is 0 Å². The van der Waals surface area contributed by atoms with E-state index in [0.717, 1.165) is 11.3 Å². The third kappa shape index (κ3) is 1.72. The minimum Gasteiger partial charge on any atom is -0.398 e. The first-order valence-corrected chi connectivity index (χ1v) is 6.29. The van der Waals surface area contributed by atoms with Crippen LogP contribution in [0.3, 0.4) is 0 Å². The van der Waals surface area contributed by atoms with E-state index in [-0.39, 0.29) is 18.3 Å².